The lowest BCUT2D eigenvalue weighted by Gasteiger charge is -2.21. The molecule has 2 aromatic rings. The van der Waals surface area contributed by atoms with Gasteiger partial charge in [-0.25, -0.2) is 4.79 Å². The third kappa shape index (κ3) is 4.10. The maximum Gasteiger partial charge on any atom is 0.339 e. The predicted molar refractivity (Wildman–Crippen MR) is 87.7 cm³/mol. The van der Waals surface area contributed by atoms with Gasteiger partial charge in [0.05, 0.1) is 12.7 Å². The van der Waals surface area contributed by atoms with Gasteiger partial charge in [-0.05, 0) is 37.3 Å². The Kier molecular flexibility index (Phi) is 5.36. The summed E-state index contributed by atoms with van der Waals surface area (Å²) in [6, 6.07) is 15.8. The first kappa shape index (κ1) is 16.5. The molecule has 0 aliphatic rings. The van der Waals surface area contributed by atoms with Crippen LogP contribution in [-0.4, -0.2) is 32.1 Å². The number of esters is 1. The number of likely N-dealkylation sites (N-methyl/N-ethyl adjacent to an activating group) is 1. The fourth-order valence-electron chi connectivity index (χ4n) is 2.08. The highest BCUT2D eigenvalue weighted by atomic mass is 16.5. The van der Waals surface area contributed by atoms with E-state index < -0.39 is 12.1 Å². The first-order valence-electron chi connectivity index (χ1n) is 7.20. The summed E-state index contributed by atoms with van der Waals surface area (Å²) >= 11 is 0. The molecule has 0 spiro atoms. The van der Waals surface area contributed by atoms with Crippen molar-refractivity contribution in [2.24, 2.45) is 0 Å². The van der Waals surface area contributed by atoms with E-state index in [4.69, 9.17) is 9.47 Å². The number of hydrogen-bond acceptors (Lipinski definition) is 4. The van der Waals surface area contributed by atoms with Crippen LogP contribution in [0.5, 0.6) is 5.75 Å². The second kappa shape index (κ2) is 7.45. The fraction of sp³-hybridized carbons (Fsp3) is 0.222. The number of benzene rings is 2. The third-order valence-corrected chi connectivity index (χ3v) is 3.41. The summed E-state index contributed by atoms with van der Waals surface area (Å²) in [5.41, 5.74) is 1.08. The van der Waals surface area contributed by atoms with Gasteiger partial charge in [0.1, 0.15) is 5.75 Å². The number of rotatable bonds is 5. The second-order valence-electron chi connectivity index (χ2n) is 5.01. The van der Waals surface area contributed by atoms with Crippen LogP contribution in [0.15, 0.2) is 54.6 Å². The highest BCUT2D eigenvalue weighted by molar-refractivity contribution is 5.98. The molecule has 0 aliphatic heterocycles. The van der Waals surface area contributed by atoms with Crippen LogP contribution in [-0.2, 0) is 9.53 Å². The van der Waals surface area contributed by atoms with Crippen molar-refractivity contribution in [1.82, 2.24) is 0 Å². The van der Waals surface area contributed by atoms with E-state index in [1.807, 2.05) is 30.3 Å². The molecule has 0 unspecified atom stereocenters. The van der Waals surface area contributed by atoms with Crippen LogP contribution in [0.1, 0.15) is 17.3 Å². The lowest BCUT2D eigenvalue weighted by atomic mass is 10.2. The molecule has 23 heavy (non-hydrogen) atoms. The summed E-state index contributed by atoms with van der Waals surface area (Å²) in [5, 5.41) is 0. The Balaban J connectivity index is 2.04. The molecule has 0 saturated heterocycles. The number of amides is 1. The Hall–Kier alpha value is -2.82. The van der Waals surface area contributed by atoms with Gasteiger partial charge in [0.25, 0.3) is 5.91 Å². The Bertz CT molecular complexity index is 684. The van der Waals surface area contributed by atoms with Gasteiger partial charge in [-0.2, -0.15) is 0 Å². The van der Waals surface area contributed by atoms with E-state index in [1.54, 1.807) is 38.2 Å². The molecular weight excluding hydrogens is 294 g/mol. The summed E-state index contributed by atoms with van der Waals surface area (Å²) in [6.07, 6.45) is -0.890. The molecule has 0 radical (unpaired) electrons. The van der Waals surface area contributed by atoms with Crippen molar-refractivity contribution in [3.8, 4) is 5.75 Å². The molecular formula is C18H19NO4. The SMILES string of the molecule is COc1cccc(C(=O)O[C@@H](C)C(=O)N(C)c2ccccc2)c1. The minimum atomic E-state index is -0.890. The second-order valence-corrected chi connectivity index (χ2v) is 5.01. The van der Waals surface area contributed by atoms with Gasteiger partial charge in [0.15, 0.2) is 6.10 Å². The largest absolute Gasteiger partial charge is 0.497 e. The first-order chi connectivity index (χ1) is 11.0. The molecule has 0 aromatic heterocycles. The van der Waals surface area contributed by atoms with Gasteiger partial charge < -0.3 is 14.4 Å². The van der Waals surface area contributed by atoms with Crippen LogP contribution in [0.2, 0.25) is 0 Å². The normalized spacial score (nSPS) is 11.4. The number of para-hydroxylation sites is 1. The fourth-order valence-corrected chi connectivity index (χ4v) is 2.08. The van der Waals surface area contributed by atoms with E-state index in [-0.39, 0.29) is 5.91 Å². The van der Waals surface area contributed by atoms with Crippen molar-refractivity contribution in [2.45, 2.75) is 13.0 Å². The number of carbonyl (C=O) groups excluding carboxylic acids is 2. The number of carbonyl (C=O) groups is 2. The molecule has 1 amide bonds. The summed E-state index contributed by atoms with van der Waals surface area (Å²) in [5.74, 6) is -0.307. The van der Waals surface area contributed by atoms with Crippen LogP contribution in [0.4, 0.5) is 5.69 Å². The molecule has 0 N–H and O–H groups in total. The number of methoxy groups -OCH3 is 1. The van der Waals surface area contributed by atoms with Crippen LogP contribution >= 0.6 is 0 Å². The van der Waals surface area contributed by atoms with Crippen LogP contribution < -0.4 is 9.64 Å². The average molecular weight is 313 g/mol. The van der Waals surface area contributed by atoms with E-state index in [2.05, 4.69) is 0 Å². The average Bonchev–Trinajstić information content (AvgIpc) is 2.61. The number of nitrogens with zero attached hydrogens (tertiary/aromatic N) is 1. The van der Waals surface area contributed by atoms with Crippen LogP contribution in [0.25, 0.3) is 0 Å². The first-order valence-corrected chi connectivity index (χ1v) is 7.20. The van der Waals surface area contributed by atoms with Gasteiger partial charge >= 0.3 is 5.97 Å². The number of anilines is 1. The van der Waals surface area contributed by atoms with Gasteiger partial charge in [-0.3, -0.25) is 4.79 Å². The zero-order valence-electron chi connectivity index (χ0n) is 13.4. The van der Waals surface area contributed by atoms with Crippen molar-refractivity contribution in [2.75, 3.05) is 19.1 Å². The Morgan fingerprint density at radius 1 is 1.04 bits per heavy atom. The number of hydrogen-bond donors (Lipinski definition) is 0. The van der Waals surface area contributed by atoms with Crippen molar-refractivity contribution in [1.29, 1.82) is 0 Å². The zero-order valence-corrected chi connectivity index (χ0v) is 13.4. The van der Waals surface area contributed by atoms with Crippen LogP contribution in [0.3, 0.4) is 0 Å². The maximum atomic E-state index is 12.4. The quantitative estimate of drug-likeness (QED) is 0.797. The molecule has 0 aliphatic carbocycles. The van der Waals surface area contributed by atoms with Crippen molar-refractivity contribution in [3.63, 3.8) is 0 Å². The molecule has 0 heterocycles. The van der Waals surface area contributed by atoms with Gasteiger partial charge in [0.2, 0.25) is 0 Å². The highest BCUT2D eigenvalue weighted by Gasteiger charge is 2.23. The van der Waals surface area contributed by atoms with Gasteiger partial charge in [-0.1, -0.05) is 24.3 Å². The smallest absolute Gasteiger partial charge is 0.339 e. The maximum absolute atomic E-state index is 12.4. The summed E-state index contributed by atoms with van der Waals surface area (Å²) < 4.78 is 10.3. The van der Waals surface area contributed by atoms with Gasteiger partial charge in [0, 0.05) is 12.7 Å². The molecule has 1 atom stereocenters. The molecule has 0 fully saturated rings. The molecule has 2 aromatic carbocycles. The van der Waals surface area contributed by atoms with E-state index in [0.717, 1.165) is 5.69 Å². The topological polar surface area (TPSA) is 55.8 Å². The van der Waals surface area contributed by atoms with Crippen molar-refractivity contribution in [3.05, 3.63) is 60.2 Å². The molecule has 0 saturated carbocycles. The minimum absolute atomic E-state index is 0.299. The lowest BCUT2D eigenvalue weighted by Crippen LogP contribution is -2.37. The molecule has 0 bridgehead atoms. The summed E-state index contributed by atoms with van der Waals surface area (Å²) in [6.45, 7) is 1.56. The van der Waals surface area contributed by atoms with Gasteiger partial charge in [-0.15, -0.1) is 0 Å². The Labute approximate surface area is 135 Å². The van der Waals surface area contributed by atoms with Crippen molar-refractivity contribution < 1.29 is 19.1 Å². The zero-order chi connectivity index (χ0) is 16.8. The molecule has 5 heteroatoms. The predicted octanol–water partition coefficient (Wildman–Crippen LogP) is 2.90. The lowest BCUT2D eigenvalue weighted by molar-refractivity contribution is -0.126. The molecule has 2 rings (SSSR count). The molecule has 5 nitrogen and oxygen atoms in total. The van der Waals surface area contributed by atoms with Crippen LogP contribution in [0, 0.1) is 0 Å². The highest BCUT2D eigenvalue weighted by Crippen LogP contribution is 2.16. The van der Waals surface area contributed by atoms with E-state index >= 15 is 0 Å². The standard InChI is InChI=1S/C18H19NO4/c1-13(17(20)19(2)15-9-5-4-6-10-15)23-18(21)14-8-7-11-16(12-14)22-3/h4-13H,1-3H3/t13-/m0/s1. The molecule has 120 valence electrons. The van der Waals surface area contributed by atoms with E-state index in [0.29, 0.717) is 11.3 Å². The van der Waals surface area contributed by atoms with Crippen molar-refractivity contribution >= 4 is 17.6 Å². The Morgan fingerprint density at radius 2 is 1.74 bits per heavy atom. The summed E-state index contributed by atoms with van der Waals surface area (Å²) in [7, 11) is 3.17. The summed E-state index contributed by atoms with van der Waals surface area (Å²) in [4.78, 5) is 26.0. The number of ether oxygens (including phenoxy) is 2. The van der Waals surface area contributed by atoms with E-state index in [1.165, 1.54) is 12.0 Å². The minimum Gasteiger partial charge on any atom is -0.497 e. The van der Waals surface area contributed by atoms with E-state index in [9.17, 15) is 9.59 Å². The third-order valence-electron chi connectivity index (χ3n) is 3.41. The Morgan fingerprint density at radius 3 is 2.39 bits per heavy atom. The monoisotopic (exact) mass is 313 g/mol.